The second kappa shape index (κ2) is 5.30. The second-order valence-electron chi connectivity index (χ2n) is 4.39. The van der Waals surface area contributed by atoms with Gasteiger partial charge in [-0.25, -0.2) is 4.39 Å². The van der Waals surface area contributed by atoms with Gasteiger partial charge in [-0.15, -0.1) is 0 Å². The molecule has 20 heavy (non-hydrogen) atoms. The van der Waals surface area contributed by atoms with Crippen molar-refractivity contribution in [3.63, 3.8) is 0 Å². The van der Waals surface area contributed by atoms with Crippen molar-refractivity contribution < 1.29 is 9.13 Å². The highest BCUT2D eigenvalue weighted by Crippen LogP contribution is 2.26. The maximum atomic E-state index is 13.2. The van der Waals surface area contributed by atoms with Crippen LogP contribution < -0.4 is 10.5 Å². The average Bonchev–Trinajstić information content (AvgIpc) is 2.77. The van der Waals surface area contributed by atoms with Gasteiger partial charge in [0.2, 0.25) is 5.88 Å². The van der Waals surface area contributed by atoms with Crippen LogP contribution in [0.1, 0.15) is 5.69 Å². The van der Waals surface area contributed by atoms with Gasteiger partial charge in [0, 0.05) is 18.7 Å². The normalized spacial score (nSPS) is 10.9. The fourth-order valence-corrected chi connectivity index (χ4v) is 2.11. The van der Waals surface area contributed by atoms with E-state index in [4.69, 9.17) is 10.5 Å². The van der Waals surface area contributed by atoms with Crippen molar-refractivity contribution in [1.29, 1.82) is 0 Å². The molecule has 0 saturated heterocycles. The van der Waals surface area contributed by atoms with E-state index in [1.54, 1.807) is 12.1 Å². The number of halogens is 1. The summed E-state index contributed by atoms with van der Waals surface area (Å²) in [4.78, 5) is 4.42. The lowest BCUT2D eigenvalue weighted by Crippen LogP contribution is -2.06. The van der Waals surface area contributed by atoms with Gasteiger partial charge in [0.05, 0.1) is 5.69 Å². The smallest absolute Gasteiger partial charge is 0.241 e. The molecule has 2 aromatic heterocycles. The summed E-state index contributed by atoms with van der Waals surface area (Å²) in [7, 11) is 0. The van der Waals surface area contributed by atoms with Crippen LogP contribution in [0.25, 0.3) is 5.65 Å². The van der Waals surface area contributed by atoms with Gasteiger partial charge in [0.15, 0.2) is 0 Å². The van der Waals surface area contributed by atoms with E-state index in [0.717, 1.165) is 11.3 Å². The van der Waals surface area contributed by atoms with Crippen LogP contribution in [0.3, 0.4) is 0 Å². The predicted octanol–water partition coefficient (Wildman–Crippen LogP) is 2.77. The number of rotatable bonds is 4. The number of hydrogen-bond donors (Lipinski definition) is 1. The van der Waals surface area contributed by atoms with Gasteiger partial charge < -0.3 is 14.9 Å². The van der Waals surface area contributed by atoms with Crippen molar-refractivity contribution >= 4 is 5.65 Å². The van der Waals surface area contributed by atoms with Crippen LogP contribution in [0.15, 0.2) is 48.7 Å². The summed E-state index contributed by atoms with van der Waals surface area (Å²) in [6, 6.07) is 11.7. The minimum absolute atomic E-state index is 0.341. The number of fused-ring (bicyclic) bond motifs is 1. The number of benzene rings is 1. The first kappa shape index (κ1) is 12.6. The topological polar surface area (TPSA) is 52.5 Å². The number of imidazole rings is 1. The Morgan fingerprint density at radius 2 is 2.10 bits per heavy atom. The van der Waals surface area contributed by atoms with E-state index < -0.39 is 0 Å². The Morgan fingerprint density at radius 1 is 1.20 bits per heavy atom. The van der Waals surface area contributed by atoms with Crippen LogP contribution in [0.5, 0.6) is 11.6 Å². The lowest BCUT2D eigenvalue weighted by Gasteiger charge is -2.05. The Balaban J connectivity index is 2.04. The molecule has 5 heteroatoms. The molecule has 0 saturated carbocycles. The van der Waals surface area contributed by atoms with Crippen molar-refractivity contribution in [2.45, 2.75) is 6.42 Å². The van der Waals surface area contributed by atoms with E-state index in [1.165, 1.54) is 12.1 Å². The average molecular weight is 271 g/mol. The summed E-state index contributed by atoms with van der Waals surface area (Å²) in [6.45, 7) is 0.488. The molecule has 3 rings (SSSR count). The highest BCUT2D eigenvalue weighted by molar-refractivity contribution is 5.46. The maximum absolute atomic E-state index is 13.2. The summed E-state index contributed by atoms with van der Waals surface area (Å²) >= 11 is 0. The van der Waals surface area contributed by atoms with Crippen LogP contribution in [-0.4, -0.2) is 15.9 Å². The third kappa shape index (κ3) is 2.35. The van der Waals surface area contributed by atoms with Crippen LogP contribution in [0, 0.1) is 5.82 Å². The van der Waals surface area contributed by atoms with Gasteiger partial charge in [-0.2, -0.15) is 4.98 Å². The second-order valence-corrected chi connectivity index (χ2v) is 4.39. The number of nitrogens with two attached hydrogens (primary N) is 1. The summed E-state index contributed by atoms with van der Waals surface area (Å²) in [5.74, 6) is 0.547. The molecule has 0 amide bonds. The Hall–Kier alpha value is -2.40. The zero-order valence-electron chi connectivity index (χ0n) is 10.8. The van der Waals surface area contributed by atoms with Crippen LogP contribution in [0.2, 0.25) is 0 Å². The molecule has 0 aliphatic heterocycles. The molecule has 0 atom stereocenters. The lowest BCUT2D eigenvalue weighted by atomic mass is 10.3. The Labute approximate surface area is 115 Å². The Morgan fingerprint density at radius 3 is 2.90 bits per heavy atom. The molecule has 2 heterocycles. The summed E-state index contributed by atoms with van der Waals surface area (Å²) in [5, 5.41) is 0. The predicted molar refractivity (Wildman–Crippen MR) is 74.4 cm³/mol. The maximum Gasteiger partial charge on any atom is 0.241 e. The molecular formula is C15H14FN3O. The van der Waals surface area contributed by atoms with E-state index in [2.05, 4.69) is 4.98 Å². The number of pyridine rings is 1. The van der Waals surface area contributed by atoms with E-state index in [9.17, 15) is 4.39 Å². The molecule has 0 bridgehead atoms. The van der Waals surface area contributed by atoms with E-state index in [-0.39, 0.29) is 5.82 Å². The minimum atomic E-state index is -0.341. The lowest BCUT2D eigenvalue weighted by molar-refractivity contribution is 0.454. The number of aromatic nitrogens is 2. The first-order valence-electron chi connectivity index (χ1n) is 6.37. The molecule has 0 fully saturated rings. The molecule has 0 aliphatic rings. The van der Waals surface area contributed by atoms with E-state index >= 15 is 0 Å². The number of nitrogens with zero attached hydrogens (tertiary/aromatic N) is 2. The van der Waals surface area contributed by atoms with Crippen molar-refractivity contribution in [2.75, 3.05) is 6.54 Å². The summed E-state index contributed by atoms with van der Waals surface area (Å²) in [6.07, 6.45) is 2.54. The highest BCUT2D eigenvalue weighted by atomic mass is 19.1. The fraction of sp³-hybridized carbons (Fsp3) is 0.133. The van der Waals surface area contributed by atoms with Crippen LogP contribution in [0.4, 0.5) is 4.39 Å². The van der Waals surface area contributed by atoms with Gasteiger partial charge in [0.25, 0.3) is 0 Å². The molecule has 2 N–H and O–H groups in total. The molecule has 0 aliphatic carbocycles. The first-order chi connectivity index (χ1) is 9.78. The Bertz CT molecular complexity index is 739. The van der Waals surface area contributed by atoms with Crippen LogP contribution >= 0.6 is 0 Å². The molecule has 102 valence electrons. The van der Waals surface area contributed by atoms with Gasteiger partial charge >= 0.3 is 0 Å². The zero-order valence-corrected chi connectivity index (χ0v) is 10.8. The molecule has 1 aromatic carbocycles. The van der Waals surface area contributed by atoms with Gasteiger partial charge in [-0.05, 0) is 30.8 Å². The SMILES string of the molecule is NCCc1c(Oc2cccc(F)c2)nc2ccccn12. The standard InChI is InChI=1S/C15H14FN3O/c16-11-4-3-5-12(10-11)20-15-13(7-8-17)19-9-2-1-6-14(19)18-15/h1-6,9-10H,7-8,17H2. The number of ether oxygens (including phenoxy) is 1. The number of hydrogen-bond acceptors (Lipinski definition) is 3. The third-order valence-corrected chi connectivity index (χ3v) is 2.98. The first-order valence-corrected chi connectivity index (χ1v) is 6.37. The minimum Gasteiger partial charge on any atom is -0.437 e. The Kier molecular flexibility index (Phi) is 3.35. The molecule has 3 aromatic rings. The molecule has 0 radical (unpaired) electrons. The summed E-state index contributed by atoms with van der Waals surface area (Å²) < 4.78 is 20.8. The largest absolute Gasteiger partial charge is 0.437 e. The summed E-state index contributed by atoms with van der Waals surface area (Å²) in [5.41, 5.74) is 7.30. The van der Waals surface area contributed by atoms with Gasteiger partial charge in [-0.1, -0.05) is 12.1 Å². The molecule has 0 spiro atoms. The van der Waals surface area contributed by atoms with E-state index in [1.807, 2.05) is 28.8 Å². The van der Waals surface area contributed by atoms with E-state index in [0.29, 0.717) is 24.6 Å². The van der Waals surface area contributed by atoms with Crippen molar-refractivity contribution in [3.05, 3.63) is 60.2 Å². The quantitative estimate of drug-likeness (QED) is 0.793. The van der Waals surface area contributed by atoms with Crippen molar-refractivity contribution in [3.8, 4) is 11.6 Å². The van der Waals surface area contributed by atoms with Gasteiger partial charge in [-0.3, -0.25) is 0 Å². The zero-order chi connectivity index (χ0) is 13.9. The van der Waals surface area contributed by atoms with Gasteiger partial charge in [0.1, 0.15) is 17.2 Å². The van der Waals surface area contributed by atoms with Crippen molar-refractivity contribution in [2.24, 2.45) is 5.73 Å². The fourth-order valence-electron chi connectivity index (χ4n) is 2.11. The van der Waals surface area contributed by atoms with Crippen molar-refractivity contribution in [1.82, 2.24) is 9.38 Å². The molecule has 4 nitrogen and oxygen atoms in total. The highest BCUT2D eigenvalue weighted by Gasteiger charge is 2.13. The monoisotopic (exact) mass is 271 g/mol. The molecular weight excluding hydrogens is 257 g/mol. The third-order valence-electron chi connectivity index (χ3n) is 2.98. The van der Waals surface area contributed by atoms with Crippen LogP contribution in [-0.2, 0) is 6.42 Å². The molecule has 0 unspecified atom stereocenters.